The number of hydrogen-bond donors (Lipinski definition) is 0. The van der Waals surface area contributed by atoms with Crippen LogP contribution >= 0.6 is 11.5 Å². The summed E-state index contributed by atoms with van der Waals surface area (Å²) in [7, 11) is 0. The number of nitro groups is 1. The Morgan fingerprint density at radius 3 is 2.69 bits per heavy atom. The highest BCUT2D eigenvalue weighted by Gasteiger charge is 2.13. The molecule has 1 heterocycles. The topological polar surface area (TPSA) is 56.0 Å². The van der Waals surface area contributed by atoms with E-state index in [2.05, 4.69) is 4.37 Å². The fourth-order valence-electron chi connectivity index (χ4n) is 1.55. The number of hydrogen-bond acceptors (Lipinski definition) is 4. The molecule has 0 saturated heterocycles. The van der Waals surface area contributed by atoms with Crippen molar-refractivity contribution >= 4 is 17.2 Å². The summed E-state index contributed by atoms with van der Waals surface area (Å²) >= 11 is 1.40. The molecule has 0 radical (unpaired) electrons. The molecule has 5 heteroatoms. The van der Waals surface area contributed by atoms with Crippen molar-refractivity contribution in [2.75, 3.05) is 0 Å². The molecule has 0 unspecified atom stereocenters. The van der Waals surface area contributed by atoms with Crippen LogP contribution < -0.4 is 0 Å². The van der Waals surface area contributed by atoms with E-state index >= 15 is 0 Å². The van der Waals surface area contributed by atoms with Crippen molar-refractivity contribution in [3.63, 3.8) is 0 Å². The third-order valence-corrected chi connectivity index (χ3v) is 3.17. The van der Waals surface area contributed by atoms with Gasteiger partial charge in [0, 0.05) is 28.3 Å². The van der Waals surface area contributed by atoms with E-state index in [4.69, 9.17) is 0 Å². The van der Waals surface area contributed by atoms with Crippen LogP contribution in [0.5, 0.6) is 0 Å². The maximum atomic E-state index is 10.8. The maximum Gasteiger partial charge on any atom is 0.272 e. The molecule has 1 aromatic carbocycles. The first kappa shape index (κ1) is 10.8. The van der Waals surface area contributed by atoms with Gasteiger partial charge in [0.1, 0.15) is 0 Å². The van der Waals surface area contributed by atoms with Gasteiger partial charge in [-0.2, -0.15) is 0 Å². The van der Waals surface area contributed by atoms with E-state index in [1.54, 1.807) is 25.3 Å². The van der Waals surface area contributed by atoms with Crippen molar-refractivity contribution in [1.29, 1.82) is 0 Å². The lowest BCUT2D eigenvalue weighted by Gasteiger charge is -2.01. The highest BCUT2D eigenvalue weighted by atomic mass is 32.1. The first-order valence-electron chi connectivity index (χ1n) is 4.76. The third-order valence-electron chi connectivity index (χ3n) is 2.47. The molecule has 16 heavy (non-hydrogen) atoms. The molecular weight excluding hydrogens is 224 g/mol. The van der Waals surface area contributed by atoms with Crippen LogP contribution in [-0.2, 0) is 0 Å². The molecule has 0 N–H and O–H groups in total. The second kappa shape index (κ2) is 4.02. The highest BCUT2D eigenvalue weighted by molar-refractivity contribution is 7.06. The first-order chi connectivity index (χ1) is 7.59. The van der Waals surface area contributed by atoms with Crippen LogP contribution in [0.1, 0.15) is 10.4 Å². The van der Waals surface area contributed by atoms with E-state index in [0.717, 1.165) is 16.0 Å². The quantitative estimate of drug-likeness (QED) is 0.591. The van der Waals surface area contributed by atoms with E-state index in [1.807, 2.05) is 13.0 Å². The summed E-state index contributed by atoms with van der Waals surface area (Å²) in [5.41, 5.74) is 2.65. The zero-order valence-electron chi connectivity index (χ0n) is 8.93. The van der Waals surface area contributed by atoms with Crippen LogP contribution in [0.4, 0.5) is 5.69 Å². The van der Waals surface area contributed by atoms with E-state index in [0.29, 0.717) is 5.56 Å². The zero-order valence-corrected chi connectivity index (χ0v) is 9.75. The van der Waals surface area contributed by atoms with E-state index in [9.17, 15) is 10.1 Å². The van der Waals surface area contributed by atoms with Gasteiger partial charge in [0.15, 0.2) is 0 Å². The SMILES string of the molecule is Cc1ccc(-c2cnsc2C)cc1[N+](=O)[O-]. The second-order valence-electron chi connectivity index (χ2n) is 3.55. The van der Waals surface area contributed by atoms with Crippen molar-refractivity contribution < 1.29 is 4.92 Å². The van der Waals surface area contributed by atoms with Gasteiger partial charge in [-0.25, -0.2) is 4.37 Å². The minimum Gasteiger partial charge on any atom is -0.258 e. The molecule has 0 bridgehead atoms. The normalized spacial score (nSPS) is 10.4. The molecule has 4 nitrogen and oxygen atoms in total. The van der Waals surface area contributed by atoms with Gasteiger partial charge in [-0.15, -0.1) is 0 Å². The van der Waals surface area contributed by atoms with Crippen molar-refractivity contribution in [2.45, 2.75) is 13.8 Å². The Bertz CT molecular complexity index is 549. The summed E-state index contributed by atoms with van der Waals surface area (Å²) < 4.78 is 4.07. The summed E-state index contributed by atoms with van der Waals surface area (Å²) in [6.45, 7) is 3.69. The largest absolute Gasteiger partial charge is 0.272 e. The standard InChI is InChI=1S/C11H10N2O2S/c1-7-3-4-9(5-11(7)13(14)15)10-6-12-16-8(10)2/h3-6H,1-2H3. The lowest BCUT2D eigenvalue weighted by atomic mass is 10.0. The first-order valence-corrected chi connectivity index (χ1v) is 5.53. The molecular formula is C11H10N2O2S. The smallest absolute Gasteiger partial charge is 0.258 e. The molecule has 0 aliphatic rings. The van der Waals surface area contributed by atoms with Crippen molar-refractivity contribution in [1.82, 2.24) is 4.37 Å². The fourth-order valence-corrected chi connectivity index (χ4v) is 2.13. The zero-order chi connectivity index (χ0) is 11.7. The molecule has 82 valence electrons. The molecule has 1 aromatic heterocycles. The summed E-state index contributed by atoms with van der Waals surface area (Å²) in [6.07, 6.45) is 1.74. The summed E-state index contributed by atoms with van der Waals surface area (Å²) in [5.74, 6) is 0. The maximum absolute atomic E-state index is 10.8. The Labute approximate surface area is 96.9 Å². The van der Waals surface area contributed by atoms with Gasteiger partial charge in [0.25, 0.3) is 5.69 Å². The molecule has 0 amide bonds. The predicted molar refractivity (Wildman–Crippen MR) is 63.7 cm³/mol. The Kier molecular flexibility index (Phi) is 2.70. The summed E-state index contributed by atoms with van der Waals surface area (Å²) in [6, 6.07) is 5.26. The molecule has 2 aromatic rings. The van der Waals surface area contributed by atoms with Crippen LogP contribution in [-0.4, -0.2) is 9.30 Å². The molecule has 0 saturated carbocycles. The molecule has 0 aliphatic heterocycles. The molecule has 0 atom stereocenters. The number of nitrogens with zero attached hydrogens (tertiary/aromatic N) is 2. The number of benzene rings is 1. The van der Waals surface area contributed by atoms with Gasteiger partial charge in [0.05, 0.1) is 4.92 Å². The lowest BCUT2D eigenvalue weighted by molar-refractivity contribution is -0.385. The highest BCUT2D eigenvalue weighted by Crippen LogP contribution is 2.29. The van der Waals surface area contributed by atoms with E-state index < -0.39 is 0 Å². The number of aryl methyl sites for hydroxylation is 2. The van der Waals surface area contributed by atoms with E-state index in [-0.39, 0.29) is 10.6 Å². The molecule has 0 spiro atoms. The van der Waals surface area contributed by atoms with Crippen LogP contribution in [0.2, 0.25) is 0 Å². The Balaban J connectivity index is 2.56. The van der Waals surface area contributed by atoms with Crippen LogP contribution in [0.3, 0.4) is 0 Å². The average Bonchev–Trinajstić information content (AvgIpc) is 2.65. The van der Waals surface area contributed by atoms with E-state index in [1.165, 1.54) is 11.5 Å². The third kappa shape index (κ3) is 1.81. The monoisotopic (exact) mass is 234 g/mol. The Morgan fingerprint density at radius 2 is 2.12 bits per heavy atom. The summed E-state index contributed by atoms with van der Waals surface area (Å²) in [4.78, 5) is 11.5. The van der Waals surface area contributed by atoms with Gasteiger partial charge in [-0.05, 0) is 30.9 Å². The van der Waals surface area contributed by atoms with Crippen LogP contribution in [0.15, 0.2) is 24.4 Å². The molecule has 2 rings (SSSR count). The van der Waals surface area contributed by atoms with Gasteiger partial charge in [-0.3, -0.25) is 10.1 Å². The minimum atomic E-state index is -0.353. The van der Waals surface area contributed by atoms with Gasteiger partial charge >= 0.3 is 0 Å². The Hall–Kier alpha value is -1.75. The van der Waals surface area contributed by atoms with Crippen molar-refractivity contribution in [2.24, 2.45) is 0 Å². The lowest BCUT2D eigenvalue weighted by Crippen LogP contribution is -1.92. The van der Waals surface area contributed by atoms with Crippen molar-refractivity contribution in [3.8, 4) is 11.1 Å². The van der Waals surface area contributed by atoms with Gasteiger partial charge in [0.2, 0.25) is 0 Å². The average molecular weight is 234 g/mol. The number of rotatable bonds is 2. The van der Waals surface area contributed by atoms with Crippen LogP contribution in [0, 0.1) is 24.0 Å². The fraction of sp³-hybridized carbons (Fsp3) is 0.182. The molecule has 0 aliphatic carbocycles. The predicted octanol–water partition coefficient (Wildman–Crippen LogP) is 3.34. The Morgan fingerprint density at radius 1 is 1.38 bits per heavy atom. The second-order valence-corrected chi connectivity index (χ2v) is 4.56. The van der Waals surface area contributed by atoms with Crippen molar-refractivity contribution in [3.05, 3.63) is 45.0 Å². The van der Waals surface area contributed by atoms with Crippen LogP contribution in [0.25, 0.3) is 11.1 Å². The number of nitro benzene ring substituents is 1. The minimum absolute atomic E-state index is 0.156. The van der Waals surface area contributed by atoms with Gasteiger partial charge in [-0.1, -0.05) is 12.1 Å². The summed E-state index contributed by atoms with van der Waals surface area (Å²) in [5, 5.41) is 10.8. The van der Waals surface area contributed by atoms with Gasteiger partial charge < -0.3 is 0 Å². The number of aromatic nitrogens is 1. The molecule has 0 fully saturated rings.